The van der Waals surface area contributed by atoms with E-state index in [0.717, 1.165) is 0 Å². The van der Waals surface area contributed by atoms with Crippen molar-refractivity contribution in [3.8, 4) is 0 Å². The lowest BCUT2D eigenvalue weighted by molar-refractivity contribution is 0.102. The van der Waals surface area contributed by atoms with Crippen molar-refractivity contribution in [1.29, 1.82) is 5.41 Å². The molecule has 3 aromatic heterocycles. The highest BCUT2D eigenvalue weighted by atomic mass is 35.5. The van der Waals surface area contributed by atoms with Crippen molar-refractivity contribution >= 4 is 45.8 Å². The molecule has 0 atom stereocenters. The van der Waals surface area contributed by atoms with Gasteiger partial charge in [0.25, 0.3) is 5.91 Å². The van der Waals surface area contributed by atoms with Gasteiger partial charge in [0.1, 0.15) is 11.2 Å². The van der Waals surface area contributed by atoms with Crippen molar-refractivity contribution in [2.24, 2.45) is 0 Å². The Kier molecular flexibility index (Phi) is 4.92. The van der Waals surface area contributed by atoms with Gasteiger partial charge in [-0.25, -0.2) is 9.97 Å². The van der Waals surface area contributed by atoms with E-state index in [1.165, 1.54) is 6.20 Å². The van der Waals surface area contributed by atoms with Crippen LogP contribution in [0.1, 0.15) is 21.6 Å². The SMILES string of the molecule is CNc1cc(Cl)ccc1C(=N)c1cnc2[nH]cc(C(=O)Nc3cccnc3)c2n1. The molecule has 1 amide bonds. The molecule has 0 unspecified atom stereocenters. The topological polar surface area (TPSA) is 119 Å². The number of anilines is 2. The summed E-state index contributed by atoms with van der Waals surface area (Å²) in [4.78, 5) is 28.4. The second-order valence-corrected chi connectivity index (χ2v) is 6.60. The van der Waals surface area contributed by atoms with Crippen LogP contribution < -0.4 is 10.6 Å². The maximum atomic E-state index is 12.7. The highest BCUT2D eigenvalue weighted by molar-refractivity contribution is 6.31. The molecular formula is C20H16ClN7O. The number of hydrogen-bond acceptors (Lipinski definition) is 6. The lowest BCUT2D eigenvalue weighted by Crippen LogP contribution is -2.13. The van der Waals surface area contributed by atoms with E-state index in [1.54, 1.807) is 56.0 Å². The van der Waals surface area contributed by atoms with Crippen molar-refractivity contribution in [1.82, 2.24) is 19.9 Å². The summed E-state index contributed by atoms with van der Waals surface area (Å²) in [6.45, 7) is 0. The number of carbonyl (C=O) groups excluding carboxylic acids is 1. The average Bonchev–Trinajstić information content (AvgIpc) is 3.17. The summed E-state index contributed by atoms with van der Waals surface area (Å²) in [7, 11) is 1.75. The molecule has 29 heavy (non-hydrogen) atoms. The molecular weight excluding hydrogens is 390 g/mol. The van der Waals surface area contributed by atoms with Crippen LogP contribution in [0, 0.1) is 5.41 Å². The number of nitrogens with one attached hydrogen (secondary N) is 4. The van der Waals surface area contributed by atoms with Gasteiger partial charge < -0.3 is 15.6 Å². The maximum absolute atomic E-state index is 12.7. The normalized spacial score (nSPS) is 10.7. The predicted octanol–water partition coefficient (Wildman–Crippen LogP) is 3.72. The minimum absolute atomic E-state index is 0.167. The van der Waals surface area contributed by atoms with Gasteiger partial charge in [-0.3, -0.25) is 15.2 Å². The summed E-state index contributed by atoms with van der Waals surface area (Å²) in [6, 6.07) is 8.67. The van der Waals surface area contributed by atoms with Crippen LogP contribution in [0.15, 0.2) is 55.1 Å². The van der Waals surface area contributed by atoms with E-state index >= 15 is 0 Å². The number of carbonyl (C=O) groups is 1. The molecule has 1 aromatic carbocycles. The van der Waals surface area contributed by atoms with Crippen LogP contribution in [-0.2, 0) is 0 Å². The number of aromatic amines is 1. The molecule has 9 heteroatoms. The zero-order chi connectivity index (χ0) is 20.4. The largest absolute Gasteiger partial charge is 0.388 e. The number of hydrogen-bond donors (Lipinski definition) is 4. The Labute approximate surface area is 170 Å². The van der Waals surface area contributed by atoms with Gasteiger partial charge in [-0.2, -0.15) is 0 Å². The molecule has 4 N–H and O–H groups in total. The van der Waals surface area contributed by atoms with Gasteiger partial charge in [-0.15, -0.1) is 0 Å². The lowest BCUT2D eigenvalue weighted by atomic mass is 10.1. The van der Waals surface area contributed by atoms with Gasteiger partial charge in [0.2, 0.25) is 0 Å². The molecule has 4 rings (SSSR count). The van der Waals surface area contributed by atoms with E-state index in [0.29, 0.717) is 44.4 Å². The van der Waals surface area contributed by atoms with E-state index in [2.05, 4.69) is 30.6 Å². The smallest absolute Gasteiger partial charge is 0.259 e. The van der Waals surface area contributed by atoms with Crippen LogP contribution in [0.3, 0.4) is 0 Å². The van der Waals surface area contributed by atoms with Gasteiger partial charge in [0, 0.05) is 35.7 Å². The van der Waals surface area contributed by atoms with Crippen molar-refractivity contribution in [2.45, 2.75) is 0 Å². The number of fused-ring (bicyclic) bond motifs is 1. The monoisotopic (exact) mass is 405 g/mol. The van der Waals surface area contributed by atoms with E-state index in [9.17, 15) is 4.79 Å². The summed E-state index contributed by atoms with van der Waals surface area (Å²) < 4.78 is 0. The van der Waals surface area contributed by atoms with Gasteiger partial charge in [0.05, 0.1) is 29.4 Å². The number of pyridine rings is 1. The molecule has 0 aliphatic heterocycles. The third-order valence-corrected chi connectivity index (χ3v) is 4.56. The minimum atomic E-state index is -0.343. The first kappa shape index (κ1) is 18.6. The van der Waals surface area contributed by atoms with Crippen molar-refractivity contribution in [2.75, 3.05) is 17.7 Å². The second-order valence-electron chi connectivity index (χ2n) is 6.17. The highest BCUT2D eigenvalue weighted by Crippen LogP contribution is 2.24. The summed E-state index contributed by atoms with van der Waals surface area (Å²) in [5, 5.41) is 14.9. The summed E-state index contributed by atoms with van der Waals surface area (Å²) in [5.74, 6) is -0.343. The molecule has 0 radical (unpaired) electrons. The number of nitrogens with zero attached hydrogens (tertiary/aromatic N) is 3. The number of amides is 1. The fourth-order valence-corrected chi connectivity index (χ4v) is 3.07. The van der Waals surface area contributed by atoms with Gasteiger partial charge in [-0.05, 0) is 30.3 Å². The Hall–Kier alpha value is -3.78. The molecule has 4 aromatic rings. The van der Waals surface area contributed by atoms with Crippen LogP contribution in [0.25, 0.3) is 11.2 Å². The molecule has 0 saturated heterocycles. The third kappa shape index (κ3) is 3.65. The Morgan fingerprint density at radius 3 is 2.83 bits per heavy atom. The fourth-order valence-electron chi connectivity index (χ4n) is 2.90. The second kappa shape index (κ2) is 7.69. The molecule has 0 bridgehead atoms. The molecule has 0 aliphatic carbocycles. The lowest BCUT2D eigenvalue weighted by Gasteiger charge is -2.10. The molecule has 0 aliphatic rings. The molecule has 0 saturated carbocycles. The van der Waals surface area contributed by atoms with Gasteiger partial charge >= 0.3 is 0 Å². The predicted molar refractivity (Wildman–Crippen MR) is 113 cm³/mol. The third-order valence-electron chi connectivity index (χ3n) is 4.32. The summed E-state index contributed by atoms with van der Waals surface area (Å²) in [5.41, 5.74) is 3.58. The molecule has 0 spiro atoms. The zero-order valence-corrected chi connectivity index (χ0v) is 16.1. The summed E-state index contributed by atoms with van der Waals surface area (Å²) in [6.07, 6.45) is 6.23. The van der Waals surface area contributed by atoms with Crippen LogP contribution in [0.4, 0.5) is 11.4 Å². The number of aromatic nitrogens is 4. The molecule has 144 valence electrons. The fraction of sp³-hybridized carbons (Fsp3) is 0.0500. The van der Waals surface area contributed by atoms with Gasteiger partial charge in [0.15, 0.2) is 5.65 Å². The maximum Gasteiger partial charge on any atom is 0.259 e. The van der Waals surface area contributed by atoms with Crippen LogP contribution in [-0.4, -0.2) is 38.6 Å². The van der Waals surface area contributed by atoms with E-state index in [1.807, 2.05) is 0 Å². The number of H-pyrrole nitrogens is 1. The molecule has 0 fully saturated rings. The molecule has 8 nitrogen and oxygen atoms in total. The van der Waals surface area contributed by atoms with E-state index in [-0.39, 0.29) is 11.6 Å². The molecule has 3 heterocycles. The average molecular weight is 406 g/mol. The first-order chi connectivity index (χ1) is 14.1. The number of benzene rings is 1. The van der Waals surface area contributed by atoms with Crippen LogP contribution in [0.5, 0.6) is 0 Å². The van der Waals surface area contributed by atoms with Crippen molar-refractivity contribution in [3.05, 3.63) is 77.0 Å². The highest BCUT2D eigenvalue weighted by Gasteiger charge is 2.18. The first-order valence-corrected chi connectivity index (χ1v) is 9.06. The van der Waals surface area contributed by atoms with Crippen LogP contribution >= 0.6 is 11.6 Å². The van der Waals surface area contributed by atoms with E-state index < -0.39 is 0 Å². The van der Waals surface area contributed by atoms with Crippen LogP contribution in [0.2, 0.25) is 5.02 Å². The standard InChI is InChI=1S/C20H16ClN7O/c1-23-15-7-11(21)4-5-13(15)17(22)16-10-26-19-18(28-16)14(9-25-19)20(29)27-12-3-2-6-24-8-12/h2-10,22-23H,1H3,(H,25,26)(H,27,29). The Morgan fingerprint density at radius 1 is 1.21 bits per heavy atom. The Morgan fingerprint density at radius 2 is 2.07 bits per heavy atom. The summed E-state index contributed by atoms with van der Waals surface area (Å²) >= 11 is 6.04. The van der Waals surface area contributed by atoms with E-state index in [4.69, 9.17) is 17.0 Å². The Balaban J connectivity index is 1.70. The number of rotatable bonds is 5. The number of halogens is 1. The minimum Gasteiger partial charge on any atom is -0.388 e. The van der Waals surface area contributed by atoms with Gasteiger partial charge in [-0.1, -0.05) is 11.6 Å². The first-order valence-electron chi connectivity index (χ1n) is 8.69. The van der Waals surface area contributed by atoms with Crippen molar-refractivity contribution in [3.63, 3.8) is 0 Å². The van der Waals surface area contributed by atoms with Crippen molar-refractivity contribution < 1.29 is 4.79 Å². The Bertz CT molecular complexity index is 1220. The zero-order valence-electron chi connectivity index (χ0n) is 15.3. The quantitative estimate of drug-likeness (QED) is 0.377.